The van der Waals surface area contributed by atoms with Crippen LogP contribution in [0.1, 0.15) is 15.2 Å². The topological polar surface area (TPSA) is 26.3 Å². The van der Waals surface area contributed by atoms with Crippen LogP contribution in [-0.2, 0) is 0 Å². The molecular weight excluding hydrogens is 227 g/mol. The van der Waals surface area contributed by atoms with Gasteiger partial charge in [0.15, 0.2) is 0 Å². The lowest BCUT2D eigenvalue weighted by Crippen LogP contribution is -2.00. The van der Waals surface area contributed by atoms with E-state index in [9.17, 15) is 9.18 Å². The summed E-state index contributed by atoms with van der Waals surface area (Å²) in [5, 5.41) is 1.79. The second-order valence-corrected chi connectivity index (χ2v) is 4.07. The maximum atomic E-state index is 12.7. The third kappa shape index (κ3) is 1.97. The van der Waals surface area contributed by atoms with Gasteiger partial charge in [0.1, 0.15) is 16.4 Å². The van der Waals surface area contributed by atoms with Crippen LogP contribution in [0.5, 0.6) is 5.75 Å². The molecule has 1 aromatic heterocycles. The Kier molecular flexibility index (Phi) is 3.01. The highest BCUT2D eigenvalue weighted by molar-refractivity contribution is 7.12. The molecule has 0 N–H and O–H groups in total. The molecule has 0 unspecified atom stereocenters. The standard InChI is InChI=1S/C12H9FO2S/c1-15-10-6-7-16-12(10)11(14)8-2-4-9(13)5-3-8/h2-7H,1H3. The molecule has 0 radical (unpaired) electrons. The molecule has 4 heteroatoms. The maximum Gasteiger partial charge on any atom is 0.206 e. The summed E-state index contributed by atoms with van der Waals surface area (Å²) in [6.07, 6.45) is 0. The predicted octanol–water partition coefficient (Wildman–Crippen LogP) is 3.13. The van der Waals surface area contributed by atoms with Crippen LogP contribution >= 0.6 is 11.3 Å². The number of carbonyl (C=O) groups is 1. The molecule has 0 amide bonds. The number of hydrogen-bond acceptors (Lipinski definition) is 3. The van der Waals surface area contributed by atoms with Gasteiger partial charge in [0, 0.05) is 5.56 Å². The fraction of sp³-hybridized carbons (Fsp3) is 0.0833. The van der Waals surface area contributed by atoms with Crippen molar-refractivity contribution < 1.29 is 13.9 Å². The average molecular weight is 236 g/mol. The number of ketones is 1. The molecule has 2 rings (SSSR count). The monoisotopic (exact) mass is 236 g/mol. The summed E-state index contributed by atoms with van der Waals surface area (Å²) in [6.45, 7) is 0. The highest BCUT2D eigenvalue weighted by atomic mass is 32.1. The lowest BCUT2D eigenvalue weighted by Gasteiger charge is -2.01. The minimum Gasteiger partial charge on any atom is -0.495 e. The molecule has 2 aromatic rings. The van der Waals surface area contributed by atoms with Crippen LogP contribution in [0.15, 0.2) is 35.7 Å². The molecule has 1 heterocycles. The molecule has 1 aromatic carbocycles. The normalized spacial score (nSPS) is 10.1. The van der Waals surface area contributed by atoms with Crippen molar-refractivity contribution in [1.29, 1.82) is 0 Å². The van der Waals surface area contributed by atoms with Gasteiger partial charge in [-0.15, -0.1) is 11.3 Å². The van der Waals surface area contributed by atoms with Gasteiger partial charge in [-0.25, -0.2) is 4.39 Å². The van der Waals surface area contributed by atoms with Gasteiger partial charge < -0.3 is 4.74 Å². The van der Waals surface area contributed by atoms with Crippen LogP contribution in [0.3, 0.4) is 0 Å². The molecule has 2 nitrogen and oxygen atoms in total. The second-order valence-electron chi connectivity index (χ2n) is 3.15. The first kappa shape index (κ1) is 10.8. The van der Waals surface area contributed by atoms with Gasteiger partial charge in [-0.3, -0.25) is 4.79 Å². The van der Waals surface area contributed by atoms with Gasteiger partial charge in [0.2, 0.25) is 5.78 Å². The van der Waals surface area contributed by atoms with Crippen LogP contribution < -0.4 is 4.74 Å². The van der Waals surface area contributed by atoms with E-state index >= 15 is 0 Å². The third-order valence-electron chi connectivity index (χ3n) is 2.16. The molecule has 82 valence electrons. The van der Waals surface area contributed by atoms with Gasteiger partial charge in [-0.05, 0) is 35.7 Å². The van der Waals surface area contributed by atoms with Gasteiger partial charge >= 0.3 is 0 Å². The van der Waals surface area contributed by atoms with E-state index in [-0.39, 0.29) is 11.6 Å². The maximum absolute atomic E-state index is 12.7. The molecule has 0 aliphatic rings. The minimum absolute atomic E-state index is 0.146. The average Bonchev–Trinajstić information content (AvgIpc) is 2.77. The summed E-state index contributed by atoms with van der Waals surface area (Å²) >= 11 is 1.31. The van der Waals surface area contributed by atoms with Crippen molar-refractivity contribution in [3.05, 3.63) is 52.0 Å². The quantitative estimate of drug-likeness (QED) is 0.765. The van der Waals surface area contributed by atoms with E-state index in [1.807, 2.05) is 0 Å². The van der Waals surface area contributed by atoms with Crippen molar-refractivity contribution in [3.63, 3.8) is 0 Å². The third-order valence-corrected chi connectivity index (χ3v) is 3.06. The number of carbonyl (C=O) groups excluding carboxylic acids is 1. The lowest BCUT2D eigenvalue weighted by atomic mass is 10.1. The zero-order chi connectivity index (χ0) is 11.5. The van der Waals surface area contributed by atoms with Crippen LogP contribution in [0, 0.1) is 5.82 Å². The number of methoxy groups -OCH3 is 1. The Morgan fingerprint density at radius 1 is 1.25 bits per heavy atom. The van der Waals surface area contributed by atoms with Crippen LogP contribution in [0.4, 0.5) is 4.39 Å². The minimum atomic E-state index is -0.352. The van der Waals surface area contributed by atoms with E-state index in [0.717, 1.165) is 0 Å². The Balaban J connectivity index is 2.35. The number of thiophene rings is 1. The van der Waals surface area contributed by atoms with Gasteiger partial charge in [0.25, 0.3) is 0 Å². The summed E-state index contributed by atoms with van der Waals surface area (Å²) in [5.41, 5.74) is 0.460. The highest BCUT2D eigenvalue weighted by Gasteiger charge is 2.15. The molecule has 16 heavy (non-hydrogen) atoms. The van der Waals surface area contributed by atoms with Crippen LogP contribution in [0.25, 0.3) is 0 Å². The van der Waals surface area contributed by atoms with E-state index in [2.05, 4.69) is 0 Å². The van der Waals surface area contributed by atoms with Crippen molar-refractivity contribution in [2.75, 3.05) is 7.11 Å². The van der Waals surface area contributed by atoms with Crippen LogP contribution in [0.2, 0.25) is 0 Å². The van der Waals surface area contributed by atoms with Crippen molar-refractivity contribution in [2.45, 2.75) is 0 Å². The van der Waals surface area contributed by atoms with Crippen molar-refractivity contribution in [2.24, 2.45) is 0 Å². The Morgan fingerprint density at radius 3 is 2.56 bits per heavy atom. The van der Waals surface area contributed by atoms with E-state index in [1.165, 1.54) is 42.7 Å². The first-order valence-corrected chi connectivity index (χ1v) is 5.52. The molecule has 0 spiro atoms. The van der Waals surface area contributed by atoms with Crippen molar-refractivity contribution >= 4 is 17.1 Å². The smallest absolute Gasteiger partial charge is 0.206 e. The summed E-state index contributed by atoms with van der Waals surface area (Å²) < 4.78 is 17.8. The number of ether oxygens (including phenoxy) is 1. The molecule has 0 saturated carbocycles. The molecular formula is C12H9FO2S. The van der Waals surface area contributed by atoms with Gasteiger partial charge in [0.05, 0.1) is 7.11 Å². The Hall–Kier alpha value is -1.68. The highest BCUT2D eigenvalue weighted by Crippen LogP contribution is 2.27. The molecule has 0 aliphatic heterocycles. The number of hydrogen-bond donors (Lipinski definition) is 0. The first-order chi connectivity index (χ1) is 7.72. The summed E-state index contributed by atoms with van der Waals surface area (Å²) in [7, 11) is 1.52. The van der Waals surface area contributed by atoms with E-state index in [0.29, 0.717) is 16.2 Å². The fourth-order valence-corrected chi connectivity index (χ4v) is 2.18. The molecule has 0 fully saturated rings. The molecule has 0 atom stereocenters. The first-order valence-electron chi connectivity index (χ1n) is 4.64. The second kappa shape index (κ2) is 4.45. The Labute approximate surface area is 96.3 Å². The fourth-order valence-electron chi connectivity index (χ4n) is 1.36. The Morgan fingerprint density at radius 2 is 1.94 bits per heavy atom. The Bertz CT molecular complexity index is 502. The molecule has 0 bridgehead atoms. The predicted molar refractivity (Wildman–Crippen MR) is 60.7 cm³/mol. The number of benzene rings is 1. The van der Waals surface area contributed by atoms with Gasteiger partial charge in [-0.1, -0.05) is 0 Å². The van der Waals surface area contributed by atoms with Crippen molar-refractivity contribution in [3.8, 4) is 5.75 Å². The summed E-state index contributed by atoms with van der Waals surface area (Å²) in [5.74, 6) is 0.0564. The summed E-state index contributed by atoms with van der Waals surface area (Å²) in [4.78, 5) is 12.5. The summed E-state index contributed by atoms with van der Waals surface area (Å²) in [6, 6.07) is 7.22. The van der Waals surface area contributed by atoms with E-state index < -0.39 is 0 Å². The van der Waals surface area contributed by atoms with E-state index in [1.54, 1.807) is 11.4 Å². The van der Waals surface area contributed by atoms with Gasteiger partial charge in [-0.2, -0.15) is 0 Å². The van der Waals surface area contributed by atoms with Crippen molar-refractivity contribution in [1.82, 2.24) is 0 Å². The van der Waals surface area contributed by atoms with Crippen LogP contribution in [-0.4, -0.2) is 12.9 Å². The lowest BCUT2D eigenvalue weighted by molar-refractivity contribution is 0.104. The largest absolute Gasteiger partial charge is 0.495 e. The number of halogens is 1. The zero-order valence-electron chi connectivity index (χ0n) is 8.57. The van der Waals surface area contributed by atoms with E-state index in [4.69, 9.17) is 4.74 Å². The number of rotatable bonds is 3. The molecule has 0 saturated heterocycles. The SMILES string of the molecule is COc1ccsc1C(=O)c1ccc(F)cc1. The molecule has 0 aliphatic carbocycles. The zero-order valence-corrected chi connectivity index (χ0v) is 9.38.